The summed E-state index contributed by atoms with van der Waals surface area (Å²) in [6, 6.07) is 15.1. The highest BCUT2D eigenvalue weighted by Gasteiger charge is 2.14. The number of thiazole rings is 1. The molecule has 0 saturated carbocycles. The second kappa shape index (κ2) is 7.29. The molecule has 0 aliphatic heterocycles. The normalized spacial score (nSPS) is 10.9. The van der Waals surface area contributed by atoms with Gasteiger partial charge in [0.15, 0.2) is 15.7 Å². The predicted molar refractivity (Wildman–Crippen MR) is 108 cm³/mol. The Balaban J connectivity index is 1.55. The lowest BCUT2D eigenvalue weighted by Gasteiger charge is -2.07. The van der Waals surface area contributed by atoms with Crippen molar-refractivity contribution in [3.63, 3.8) is 0 Å². The molecule has 2 aromatic heterocycles. The van der Waals surface area contributed by atoms with Gasteiger partial charge in [0.1, 0.15) is 12.3 Å². The fourth-order valence-electron chi connectivity index (χ4n) is 2.65. The molecule has 0 aliphatic carbocycles. The van der Waals surface area contributed by atoms with Gasteiger partial charge in [-0.2, -0.15) is 5.10 Å². The van der Waals surface area contributed by atoms with E-state index in [1.54, 1.807) is 11.7 Å². The molecule has 0 unspecified atom stereocenters. The van der Waals surface area contributed by atoms with Crippen molar-refractivity contribution >= 4 is 44.8 Å². The van der Waals surface area contributed by atoms with Crippen LogP contribution in [0.5, 0.6) is 5.75 Å². The van der Waals surface area contributed by atoms with E-state index in [0.717, 1.165) is 21.5 Å². The van der Waals surface area contributed by atoms with Gasteiger partial charge in [-0.15, -0.1) is 0 Å². The summed E-state index contributed by atoms with van der Waals surface area (Å²) in [5.41, 5.74) is 1.69. The van der Waals surface area contributed by atoms with Gasteiger partial charge in [0.2, 0.25) is 5.91 Å². The average molecular weight is 397 g/mol. The molecule has 0 saturated heterocycles. The monoisotopic (exact) mass is 397 g/mol. The third-order valence-corrected chi connectivity index (χ3v) is 5.21. The molecule has 0 atom stereocenters. The van der Waals surface area contributed by atoms with Crippen LogP contribution in [0, 0.1) is 4.77 Å². The maximum absolute atomic E-state index is 12.5. The molecule has 1 amide bonds. The number of ether oxygens (including phenoxy) is 1. The zero-order valence-electron chi connectivity index (χ0n) is 14.3. The Morgan fingerprint density at radius 2 is 2.04 bits per heavy atom. The van der Waals surface area contributed by atoms with E-state index in [1.165, 1.54) is 11.3 Å². The van der Waals surface area contributed by atoms with Gasteiger partial charge < -0.3 is 10.1 Å². The molecule has 4 aromatic rings. The fraction of sp³-hybridized carbons (Fsp3) is 0.111. The van der Waals surface area contributed by atoms with Crippen LogP contribution in [0.2, 0.25) is 0 Å². The minimum Gasteiger partial charge on any atom is -0.497 e. The standard InChI is InChI=1S/C18H15N5O2S2/c1-25-12-8-6-11(7-9-12)16-21-22-18(26)23(16)10-15(24)20-17-19-13-4-2-3-5-14(13)27-17/h2-9H,10H2,1H3,(H,22,26)(H,19,20,24). The summed E-state index contributed by atoms with van der Waals surface area (Å²) < 4.78 is 8.22. The van der Waals surface area contributed by atoms with Crippen LogP contribution >= 0.6 is 23.6 Å². The first-order valence-electron chi connectivity index (χ1n) is 8.09. The molecule has 4 rings (SSSR count). The van der Waals surface area contributed by atoms with Crippen molar-refractivity contribution in [2.24, 2.45) is 0 Å². The number of carbonyl (C=O) groups is 1. The lowest BCUT2D eigenvalue weighted by Crippen LogP contribution is -2.19. The van der Waals surface area contributed by atoms with Crippen molar-refractivity contribution in [2.75, 3.05) is 12.4 Å². The lowest BCUT2D eigenvalue weighted by molar-refractivity contribution is -0.116. The predicted octanol–water partition coefficient (Wildman–Crippen LogP) is 3.86. The highest BCUT2D eigenvalue weighted by atomic mass is 32.1. The number of hydrogen-bond donors (Lipinski definition) is 2. The van der Waals surface area contributed by atoms with E-state index in [-0.39, 0.29) is 12.5 Å². The molecule has 2 N–H and O–H groups in total. The Labute approximate surface area is 163 Å². The second-order valence-corrected chi connectivity index (χ2v) is 7.12. The molecule has 7 nitrogen and oxygen atoms in total. The van der Waals surface area contributed by atoms with E-state index in [4.69, 9.17) is 17.0 Å². The minimum absolute atomic E-state index is 0.0343. The molecule has 0 bridgehead atoms. The lowest BCUT2D eigenvalue weighted by atomic mass is 10.2. The van der Waals surface area contributed by atoms with Crippen molar-refractivity contribution in [3.8, 4) is 17.1 Å². The van der Waals surface area contributed by atoms with Gasteiger partial charge in [-0.3, -0.25) is 14.5 Å². The van der Waals surface area contributed by atoms with Crippen LogP contribution in [0.4, 0.5) is 5.13 Å². The Bertz CT molecular complexity index is 1130. The SMILES string of the molecule is COc1ccc(-c2n[nH]c(=S)n2CC(=O)Nc2nc3ccccc3s2)cc1. The number of aromatic nitrogens is 4. The van der Waals surface area contributed by atoms with Crippen molar-refractivity contribution in [3.05, 3.63) is 53.3 Å². The number of fused-ring (bicyclic) bond motifs is 1. The number of methoxy groups -OCH3 is 1. The summed E-state index contributed by atoms with van der Waals surface area (Å²) >= 11 is 6.72. The second-order valence-electron chi connectivity index (χ2n) is 5.70. The molecule has 0 aliphatic rings. The fourth-order valence-corrected chi connectivity index (χ4v) is 3.73. The van der Waals surface area contributed by atoms with Gasteiger partial charge in [-0.05, 0) is 48.6 Å². The number of nitrogens with zero attached hydrogens (tertiary/aromatic N) is 3. The van der Waals surface area contributed by atoms with Crippen LogP contribution < -0.4 is 10.1 Å². The average Bonchev–Trinajstić information content (AvgIpc) is 3.25. The van der Waals surface area contributed by atoms with E-state index < -0.39 is 0 Å². The molecule has 2 heterocycles. The van der Waals surface area contributed by atoms with Crippen molar-refractivity contribution in [1.82, 2.24) is 19.7 Å². The molecular formula is C18H15N5O2S2. The summed E-state index contributed by atoms with van der Waals surface area (Å²) in [5, 5.41) is 10.4. The number of rotatable bonds is 5. The van der Waals surface area contributed by atoms with Gasteiger partial charge in [-0.25, -0.2) is 4.98 Å². The quantitative estimate of drug-likeness (QED) is 0.500. The molecule has 0 radical (unpaired) electrons. The number of anilines is 1. The maximum Gasteiger partial charge on any atom is 0.246 e. The number of hydrogen-bond acceptors (Lipinski definition) is 6. The van der Waals surface area contributed by atoms with Crippen molar-refractivity contribution < 1.29 is 9.53 Å². The van der Waals surface area contributed by atoms with Crippen molar-refractivity contribution in [2.45, 2.75) is 6.54 Å². The van der Waals surface area contributed by atoms with E-state index >= 15 is 0 Å². The molecule has 0 fully saturated rings. The Hall–Kier alpha value is -3.04. The highest BCUT2D eigenvalue weighted by molar-refractivity contribution is 7.71. The minimum atomic E-state index is -0.221. The first-order chi connectivity index (χ1) is 13.1. The van der Waals surface area contributed by atoms with E-state index in [0.29, 0.717) is 15.7 Å². The number of aromatic amines is 1. The van der Waals surface area contributed by atoms with Crippen LogP contribution in [0.1, 0.15) is 0 Å². The summed E-state index contributed by atoms with van der Waals surface area (Å²) in [6.45, 7) is 0.0343. The third kappa shape index (κ3) is 3.60. The van der Waals surface area contributed by atoms with Crippen molar-refractivity contribution in [1.29, 1.82) is 0 Å². The van der Waals surface area contributed by atoms with Crippen LogP contribution in [-0.2, 0) is 11.3 Å². The summed E-state index contributed by atoms with van der Waals surface area (Å²) in [5.74, 6) is 1.11. The van der Waals surface area contributed by atoms with E-state index in [1.807, 2.05) is 48.5 Å². The smallest absolute Gasteiger partial charge is 0.246 e. The third-order valence-electron chi connectivity index (χ3n) is 3.95. The van der Waals surface area contributed by atoms with Crippen LogP contribution in [0.25, 0.3) is 21.6 Å². The Morgan fingerprint density at radius 1 is 1.26 bits per heavy atom. The number of amides is 1. The molecule has 2 aromatic carbocycles. The van der Waals surface area contributed by atoms with Gasteiger partial charge in [-0.1, -0.05) is 23.5 Å². The first kappa shape index (κ1) is 17.4. The zero-order valence-corrected chi connectivity index (χ0v) is 15.9. The number of H-pyrrole nitrogens is 1. The number of para-hydroxylation sites is 1. The zero-order chi connectivity index (χ0) is 18.8. The molecule has 136 valence electrons. The highest BCUT2D eigenvalue weighted by Crippen LogP contribution is 2.25. The molecular weight excluding hydrogens is 382 g/mol. The Morgan fingerprint density at radius 3 is 2.78 bits per heavy atom. The van der Waals surface area contributed by atoms with Gasteiger partial charge in [0.25, 0.3) is 0 Å². The van der Waals surface area contributed by atoms with Gasteiger partial charge in [0, 0.05) is 5.56 Å². The summed E-state index contributed by atoms with van der Waals surface area (Å²) in [4.78, 5) is 16.9. The largest absolute Gasteiger partial charge is 0.497 e. The molecule has 27 heavy (non-hydrogen) atoms. The molecule has 0 spiro atoms. The van der Waals surface area contributed by atoms with Crippen LogP contribution in [0.15, 0.2) is 48.5 Å². The van der Waals surface area contributed by atoms with E-state index in [2.05, 4.69) is 20.5 Å². The number of carbonyl (C=O) groups excluding carboxylic acids is 1. The maximum atomic E-state index is 12.5. The van der Waals surface area contributed by atoms with E-state index in [9.17, 15) is 4.79 Å². The first-order valence-corrected chi connectivity index (χ1v) is 9.31. The molecule has 9 heteroatoms. The number of nitrogens with one attached hydrogen (secondary N) is 2. The van der Waals surface area contributed by atoms with Crippen LogP contribution in [0.3, 0.4) is 0 Å². The Kier molecular flexibility index (Phi) is 4.69. The van der Waals surface area contributed by atoms with Gasteiger partial charge in [0.05, 0.1) is 17.3 Å². The number of benzene rings is 2. The van der Waals surface area contributed by atoms with Crippen LogP contribution in [-0.4, -0.2) is 32.8 Å². The topological polar surface area (TPSA) is 84.8 Å². The van der Waals surface area contributed by atoms with Gasteiger partial charge >= 0.3 is 0 Å². The summed E-state index contributed by atoms with van der Waals surface area (Å²) in [7, 11) is 1.61. The summed E-state index contributed by atoms with van der Waals surface area (Å²) in [6.07, 6.45) is 0.